The van der Waals surface area contributed by atoms with Crippen LogP contribution in [0.5, 0.6) is 0 Å². The molecule has 0 N–H and O–H groups in total. The van der Waals surface area contributed by atoms with E-state index in [1.165, 1.54) is 0 Å². The number of hydrogen-bond donors (Lipinski definition) is 0. The van der Waals surface area contributed by atoms with Crippen LogP contribution >= 0.6 is 0 Å². The van der Waals surface area contributed by atoms with Gasteiger partial charge in [-0.25, -0.2) is 0 Å². The van der Waals surface area contributed by atoms with Crippen LogP contribution in [0.15, 0.2) is 47.4 Å². The molecule has 1 unspecified atom stereocenters. The lowest BCUT2D eigenvalue weighted by atomic mass is 9.88. The molecule has 1 aliphatic carbocycles. The fourth-order valence-electron chi connectivity index (χ4n) is 2.95. The highest BCUT2D eigenvalue weighted by Crippen LogP contribution is 2.48. The van der Waals surface area contributed by atoms with Gasteiger partial charge in [-0.2, -0.15) is 0 Å². The molecule has 102 valence electrons. The zero-order chi connectivity index (χ0) is 13.5. The molecule has 0 radical (unpaired) electrons. The number of rotatable bonds is 2. The molecule has 3 heteroatoms. The van der Waals surface area contributed by atoms with Crippen molar-refractivity contribution in [3.05, 3.63) is 42.5 Å². The monoisotopic (exact) mass is 276 g/mol. The topological polar surface area (TPSA) is 29.6 Å². The lowest BCUT2D eigenvalue weighted by Crippen LogP contribution is -2.24. The summed E-state index contributed by atoms with van der Waals surface area (Å²) in [4.78, 5) is 0.930. The van der Waals surface area contributed by atoms with Gasteiger partial charge >= 0.3 is 0 Å². The molecule has 19 heavy (non-hydrogen) atoms. The lowest BCUT2D eigenvalue weighted by molar-refractivity contribution is 0.329. The zero-order valence-electron chi connectivity index (χ0n) is 11.3. The second-order valence-electron chi connectivity index (χ2n) is 5.68. The van der Waals surface area contributed by atoms with Gasteiger partial charge in [0.05, 0.1) is 16.9 Å². The summed E-state index contributed by atoms with van der Waals surface area (Å²) in [6.45, 7) is 6.30. The summed E-state index contributed by atoms with van der Waals surface area (Å²) in [6.07, 6.45) is 4.32. The van der Waals surface area contributed by atoms with Crippen LogP contribution in [-0.4, -0.2) is 21.2 Å². The maximum atomic E-state index is 12.7. The van der Waals surface area contributed by atoms with E-state index < -0.39 is 10.8 Å². The van der Waals surface area contributed by atoms with E-state index in [4.69, 9.17) is 4.74 Å². The molecule has 4 atom stereocenters. The Morgan fingerprint density at radius 1 is 1.32 bits per heavy atom. The van der Waals surface area contributed by atoms with E-state index >= 15 is 0 Å². The SMILES string of the molecule is C=C1C[C@@H](S(=O)c2ccccc2)CCC[C@@H]2O[C@]12C. The highest BCUT2D eigenvalue weighted by Gasteiger charge is 2.54. The average Bonchev–Trinajstić information content (AvgIpc) is 3.08. The van der Waals surface area contributed by atoms with Crippen LogP contribution in [0.25, 0.3) is 0 Å². The maximum Gasteiger partial charge on any atom is 0.113 e. The van der Waals surface area contributed by atoms with E-state index in [1.54, 1.807) is 0 Å². The summed E-state index contributed by atoms with van der Waals surface area (Å²) >= 11 is 0. The molecule has 1 aromatic carbocycles. The highest BCUT2D eigenvalue weighted by atomic mass is 32.2. The molecule has 2 aliphatic rings. The number of hydrogen-bond acceptors (Lipinski definition) is 2. The quantitative estimate of drug-likeness (QED) is 0.611. The third-order valence-corrected chi connectivity index (χ3v) is 6.14. The van der Waals surface area contributed by atoms with Crippen molar-refractivity contribution in [1.82, 2.24) is 0 Å². The van der Waals surface area contributed by atoms with Gasteiger partial charge in [-0.3, -0.25) is 4.21 Å². The van der Waals surface area contributed by atoms with Crippen LogP contribution < -0.4 is 0 Å². The van der Waals surface area contributed by atoms with Gasteiger partial charge in [-0.05, 0) is 50.3 Å². The summed E-state index contributed by atoms with van der Waals surface area (Å²) in [6, 6.07) is 9.77. The smallest absolute Gasteiger partial charge is 0.113 e. The average molecular weight is 276 g/mol. The Morgan fingerprint density at radius 2 is 2.05 bits per heavy atom. The molecular formula is C16H20O2S. The van der Waals surface area contributed by atoms with Crippen LogP contribution in [0.1, 0.15) is 32.6 Å². The van der Waals surface area contributed by atoms with Gasteiger partial charge in [-0.1, -0.05) is 24.8 Å². The second kappa shape index (κ2) is 4.88. The minimum absolute atomic E-state index is 0.139. The molecular weight excluding hydrogens is 256 g/mol. The molecule has 0 bridgehead atoms. The van der Waals surface area contributed by atoms with E-state index in [1.807, 2.05) is 30.3 Å². The summed E-state index contributed by atoms with van der Waals surface area (Å²) in [5.41, 5.74) is 0.978. The molecule has 1 heterocycles. The van der Waals surface area contributed by atoms with Crippen molar-refractivity contribution in [2.24, 2.45) is 0 Å². The second-order valence-corrected chi connectivity index (χ2v) is 7.42. The Balaban J connectivity index is 1.77. The molecule has 2 fully saturated rings. The number of benzene rings is 1. The van der Waals surface area contributed by atoms with E-state index in [-0.39, 0.29) is 10.9 Å². The zero-order valence-corrected chi connectivity index (χ0v) is 12.1. The normalized spacial score (nSPS) is 35.9. The minimum Gasteiger partial charge on any atom is -0.362 e. The summed E-state index contributed by atoms with van der Waals surface area (Å²) in [7, 11) is -0.940. The van der Waals surface area contributed by atoms with Gasteiger partial charge < -0.3 is 4.74 Å². The fraction of sp³-hybridized carbons (Fsp3) is 0.500. The van der Waals surface area contributed by atoms with Crippen molar-refractivity contribution in [1.29, 1.82) is 0 Å². The predicted octanol–water partition coefficient (Wildman–Crippen LogP) is 3.45. The first-order valence-corrected chi connectivity index (χ1v) is 8.14. The van der Waals surface area contributed by atoms with Crippen molar-refractivity contribution < 1.29 is 8.95 Å². The Kier molecular flexibility index (Phi) is 3.35. The number of ether oxygens (including phenoxy) is 1. The Morgan fingerprint density at radius 3 is 2.79 bits per heavy atom. The Labute approximate surface area is 117 Å². The van der Waals surface area contributed by atoms with Crippen molar-refractivity contribution >= 4 is 10.8 Å². The summed E-state index contributed by atoms with van der Waals surface area (Å²) < 4.78 is 18.4. The van der Waals surface area contributed by atoms with E-state index in [2.05, 4.69) is 13.5 Å². The molecule has 2 nitrogen and oxygen atoms in total. The van der Waals surface area contributed by atoms with Crippen molar-refractivity contribution in [3.63, 3.8) is 0 Å². The molecule has 0 spiro atoms. The van der Waals surface area contributed by atoms with Crippen molar-refractivity contribution in [3.8, 4) is 0 Å². The van der Waals surface area contributed by atoms with E-state index in [0.717, 1.165) is 36.2 Å². The van der Waals surface area contributed by atoms with Gasteiger partial charge in [0, 0.05) is 10.1 Å². The first-order valence-electron chi connectivity index (χ1n) is 6.93. The van der Waals surface area contributed by atoms with Gasteiger partial charge in [-0.15, -0.1) is 0 Å². The van der Waals surface area contributed by atoms with Gasteiger partial charge in [0.1, 0.15) is 5.60 Å². The predicted molar refractivity (Wildman–Crippen MR) is 77.5 cm³/mol. The summed E-state index contributed by atoms with van der Waals surface area (Å²) in [5, 5.41) is 0.178. The Hall–Kier alpha value is -0.930. The van der Waals surface area contributed by atoms with Crippen LogP contribution in [0.3, 0.4) is 0 Å². The van der Waals surface area contributed by atoms with Crippen LogP contribution in [-0.2, 0) is 15.5 Å². The maximum absolute atomic E-state index is 12.7. The summed E-state index contributed by atoms with van der Waals surface area (Å²) in [5.74, 6) is 0. The minimum atomic E-state index is -0.940. The van der Waals surface area contributed by atoms with Crippen molar-refractivity contribution in [2.45, 2.75) is 54.5 Å². The lowest BCUT2D eigenvalue weighted by Gasteiger charge is -2.22. The van der Waals surface area contributed by atoms with Gasteiger partial charge in [0.15, 0.2) is 0 Å². The molecule has 0 amide bonds. The molecule has 1 saturated heterocycles. The first kappa shape index (κ1) is 13.1. The van der Waals surface area contributed by atoms with Crippen LogP contribution in [0.4, 0.5) is 0 Å². The molecule has 3 rings (SSSR count). The van der Waals surface area contributed by atoms with Gasteiger partial charge in [0.25, 0.3) is 0 Å². The Bertz CT molecular complexity index is 511. The van der Waals surface area contributed by atoms with Gasteiger partial charge in [0.2, 0.25) is 0 Å². The first-order chi connectivity index (χ1) is 9.11. The van der Waals surface area contributed by atoms with Crippen LogP contribution in [0, 0.1) is 0 Å². The van der Waals surface area contributed by atoms with E-state index in [0.29, 0.717) is 6.10 Å². The highest BCUT2D eigenvalue weighted by molar-refractivity contribution is 7.85. The largest absolute Gasteiger partial charge is 0.362 e. The van der Waals surface area contributed by atoms with Crippen LogP contribution in [0.2, 0.25) is 0 Å². The molecule has 1 aromatic rings. The third kappa shape index (κ3) is 2.41. The van der Waals surface area contributed by atoms with Crippen molar-refractivity contribution in [2.75, 3.05) is 0 Å². The standard InChI is InChI=1S/C16H20O2S/c1-12-11-14(9-6-10-15-16(12,2)18-15)19(17)13-7-4-3-5-8-13/h3-5,7-8,14-15H,1,6,9-11H2,2H3/t14-,15-,16+,19?/m0/s1. The molecule has 0 aromatic heterocycles. The molecule has 1 saturated carbocycles. The number of fused-ring (bicyclic) bond motifs is 1. The van der Waals surface area contributed by atoms with E-state index in [9.17, 15) is 4.21 Å². The number of epoxide rings is 1. The molecule has 1 aliphatic heterocycles. The fourth-order valence-corrected chi connectivity index (χ4v) is 4.49. The third-order valence-electron chi connectivity index (χ3n) is 4.39.